The van der Waals surface area contributed by atoms with Gasteiger partial charge in [0.25, 0.3) is 5.91 Å². The maximum Gasteiger partial charge on any atom is 0.250 e. The van der Waals surface area contributed by atoms with Gasteiger partial charge < -0.3 is 14.2 Å². The largest absolute Gasteiger partial charge is 0.493 e. The summed E-state index contributed by atoms with van der Waals surface area (Å²) in [6.07, 6.45) is 1.50. The van der Waals surface area contributed by atoms with Crippen LogP contribution in [-0.2, 0) is 4.79 Å². The standard InChI is InChI=1S/C26H24ClN5O4S/c1-34-21-13-17(14-22(35-2)24(21)36-3)15-28-29-23(33)16-37-26-31-30-25(18-7-5-4-6-8-18)32(26)20-11-9-19(27)10-12-20/h4-15H,16H2,1-3H3,(H,29,33)/b28-15+. The minimum Gasteiger partial charge on any atom is -0.493 e. The fourth-order valence-electron chi connectivity index (χ4n) is 3.48. The number of nitrogens with zero attached hydrogens (tertiary/aromatic N) is 4. The molecule has 1 heterocycles. The van der Waals surface area contributed by atoms with Gasteiger partial charge in [0, 0.05) is 21.8 Å². The number of thioether (sulfide) groups is 1. The molecule has 3 aromatic carbocycles. The summed E-state index contributed by atoms with van der Waals surface area (Å²) in [5.41, 5.74) is 4.93. The number of hydrogen-bond acceptors (Lipinski definition) is 8. The normalized spacial score (nSPS) is 10.9. The van der Waals surface area contributed by atoms with Gasteiger partial charge >= 0.3 is 0 Å². The van der Waals surface area contributed by atoms with E-state index in [-0.39, 0.29) is 11.7 Å². The van der Waals surface area contributed by atoms with Crippen LogP contribution in [0.1, 0.15) is 5.56 Å². The molecule has 1 N–H and O–H groups in total. The van der Waals surface area contributed by atoms with Crippen molar-refractivity contribution in [3.63, 3.8) is 0 Å². The number of amides is 1. The van der Waals surface area contributed by atoms with Crippen LogP contribution in [0.2, 0.25) is 5.02 Å². The molecule has 1 aromatic heterocycles. The molecule has 0 bridgehead atoms. The van der Waals surface area contributed by atoms with Gasteiger partial charge in [0.2, 0.25) is 5.75 Å². The molecule has 4 rings (SSSR count). The lowest BCUT2D eigenvalue weighted by Crippen LogP contribution is -2.20. The summed E-state index contributed by atoms with van der Waals surface area (Å²) in [4.78, 5) is 12.5. The topological polar surface area (TPSA) is 99.9 Å². The quantitative estimate of drug-likeness (QED) is 0.175. The zero-order valence-corrected chi connectivity index (χ0v) is 21.9. The van der Waals surface area contributed by atoms with E-state index in [0.29, 0.717) is 38.8 Å². The van der Waals surface area contributed by atoms with Crippen molar-refractivity contribution in [1.82, 2.24) is 20.2 Å². The number of aromatic nitrogens is 3. The summed E-state index contributed by atoms with van der Waals surface area (Å²) in [5.74, 6) is 1.88. The van der Waals surface area contributed by atoms with E-state index in [1.165, 1.54) is 39.3 Å². The third-order valence-corrected chi connectivity index (χ3v) is 6.35. The first-order valence-corrected chi connectivity index (χ1v) is 12.4. The number of halogens is 1. The van der Waals surface area contributed by atoms with E-state index < -0.39 is 0 Å². The predicted molar refractivity (Wildman–Crippen MR) is 144 cm³/mol. The first-order valence-electron chi connectivity index (χ1n) is 11.1. The number of hydrogen-bond donors (Lipinski definition) is 1. The summed E-state index contributed by atoms with van der Waals surface area (Å²) in [6, 6.07) is 20.5. The van der Waals surface area contributed by atoms with Crippen LogP contribution in [0.5, 0.6) is 17.2 Å². The third kappa shape index (κ3) is 6.22. The van der Waals surface area contributed by atoms with Gasteiger partial charge in [-0.05, 0) is 36.4 Å². The first-order chi connectivity index (χ1) is 18.0. The molecule has 0 radical (unpaired) electrons. The molecule has 1 amide bonds. The average Bonchev–Trinajstić information content (AvgIpc) is 3.36. The van der Waals surface area contributed by atoms with Crippen molar-refractivity contribution in [3.8, 4) is 34.3 Å². The molecular formula is C26H24ClN5O4S. The second kappa shape index (κ2) is 12.3. The number of ether oxygens (including phenoxy) is 3. The predicted octanol–water partition coefficient (Wildman–Crippen LogP) is 4.86. The zero-order valence-electron chi connectivity index (χ0n) is 20.3. The maximum atomic E-state index is 12.5. The van der Waals surface area contributed by atoms with Crippen molar-refractivity contribution >= 4 is 35.5 Å². The van der Waals surface area contributed by atoms with Gasteiger partial charge in [0.15, 0.2) is 22.5 Å². The fourth-order valence-corrected chi connectivity index (χ4v) is 4.35. The van der Waals surface area contributed by atoms with E-state index >= 15 is 0 Å². The Morgan fingerprint density at radius 3 is 2.30 bits per heavy atom. The molecule has 0 aliphatic rings. The van der Waals surface area contributed by atoms with Gasteiger partial charge in [0.05, 0.1) is 33.3 Å². The summed E-state index contributed by atoms with van der Waals surface area (Å²) in [6.45, 7) is 0. The van der Waals surface area contributed by atoms with Gasteiger partial charge in [-0.3, -0.25) is 9.36 Å². The van der Waals surface area contributed by atoms with Gasteiger partial charge in [-0.25, -0.2) is 5.43 Å². The van der Waals surface area contributed by atoms with E-state index in [0.717, 1.165) is 11.3 Å². The number of benzene rings is 3. The van der Waals surface area contributed by atoms with Crippen molar-refractivity contribution in [2.75, 3.05) is 27.1 Å². The molecule has 0 saturated heterocycles. The Kier molecular flexibility index (Phi) is 8.65. The second-order valence-corrected chi connectivity index (χ2v) is 8.90. The number of carbonyl (C=O) groups is 1. The number of nitrogens with one attached hydrogen (secondary N) is 1. The van der Waals surface area contributed by atoms with Crippen LogP contribution in [0.15, 0.2) is 77.0 Å². The van der Waals surface area contributed by atoms with Crippen LogP contribution in [0.4, 0.5) is 0 Å². The highest BCUT2D eigenvalue weighted by Crippen LogP contribution is 2.37. The monoisotopic (exact) mass is 537 g/mol. The summed E-state index contributed by atoms with van der Waals surface area (Å²) < 4.78 is 17.9. The minimum atomic E-state index is -0.305. The first kappa shape index (κ1) is 26.1. The maximum absolute atomic E-state index is 12.5. The van der Waals surface area contributed by atoms with E-state index in [2.05, 4.69) is 20.7 Å². The van der Waals surface area contributed by atoms with Crippen LogP contribution in [-0.4, -0.2) is 54.0 Å². The molecule has 0 atom stereocenters. The molecule has 0 aliphatic carbocycles. The number of carbonyl (C=O) groups excluding carboxylic acids is 1. The lowest BCUT2D eigenvalue weighted by atomic mass is 10.2. The number of hydrazone groups is 1. The Hall–Kier alpha value is -4.02. The Bertz CT molecular complexity index is 1370. The lowest BCUT2D eigenvalue weighted by Gasteiger charge is -2.12. The van der Waals surface area contributed by atoms with Crippen LogP contribution in [0.25, 0.3) is 17.1 Å². The van der Waals surface area contributed by atoms with Gasteiger partial charge in [-0.1, -0.05) is 53.7 Å². The van der Waals surface area contributed by atoms with Crippen LogP contribution < -0.4 is 19.6 Å². The third-order valence-electron chi connectivity index (χ3n) is 5.17. The SMILES string of the molecule is COc1cc(/C=N/NC(=O)CSc2nnc(-c3ccccc3)n2-c2ccc(Cl)cc2)cc(OC)c1OC. The summed E-state index contributed by atoms with van der Waals surface area (Å²) >= 11 is 7.33. The highest BCUT2D eigenvalue weighted by molar-refractivity contribution is 7.99. The molecule has 0 aliphatic heterocycles. The number of rotatable bonds is 10. The molecular weight excluding hydrogens is 514 g/mol. The van der Waals surface area contributed by atoms with Crippen molar-refractivity contribution in [3.05, 3.63) is 77.3 Å². The van der Waals surface area contributed by atoms with E-state index in [1.54, 1.807) is 24.3 Å². The molecule has 11 heteroatoms. The van der Waals surface area contributed by atoms with Crippen molar-refractivity contribution in [2.45, 2.75) is 5.16 Å². The smallest absolute Gasteiger partial charge is 0.250 e. The highest BCUT2D eigenvalue weighted by atomic mass is 35.5. The molecule has 37 heavy (non-hydrogen) atoms. The van der Waals surface area contributed by atoms with E-state index in [4.69, 9.17) is 25.8 Å². The molecule has 4 aromatic rings. The molecule has 0 saturated carbocycles. The van der Waals surface area contributed by atoms with E-state index in [1.807, 2.05) is 47.0 Å². The second-order valence-electron chi connectivity index (χ2n) is 7.52. The van der Waals surface area contributed by atoms with Crippen LogP contribution in [0, 0.1) is 0 Å². The Labute approximate surface area is 223 Å². The fraction of sp³-hybridized carbons (Fsp3) is 0.154. The van der Waals surface area contributed by atoms with Gasteiger partial charge in [0.1, 0.15) is 0 Å². The van der Waals surface area contributed by atoms with Crippen molar-refractivity contribution < 1.29 is 19.0 Å². The van der Waals surface area contributed by atoms with E-state index in [9.17, 15) is 4.79 Å². The zero-order chi connectivity index (χ0) is 26.2. The molecule has 0 fully saturated rings. The molecule has 9 nitrogen and oxygen atoms in total. The average molecular weight is 538 g/mol. The summed E-state index contributed by atoms with van der Waals surface area (Å²) in [7, 11) is 4.59. The summed E-state index contributed by atoms with van der Waals surface area (Å²) in [5, 5.41) is 13.9. The number of methoxy groups -OCH3 is 3. The Morgan fingerprint density at radius 2 is 1.68 bits per heavy atom. The van der Waals surface area contributed by atoms with Gasteiger partial charge in [-0.2, -0.15) is 5.10 Å². The van der Waals surface area contributed by atoms with Crippen molar-refractivity contribution in [2.24, 2.45) is 5.10 Å². The molecule has 0 spiro atoms. The Morgan fingerprint density at radius 1 is 1.00 bits per heavy atom. The van der Waals surface area contributed by atoms with Crippen molar-refractivity contribution in [1.29, 1.82) is 0 Å². The molecule has 0 unspecified atom stereocenters. The lowest BCUT2D eigenvalue weighted by molar-refractivity contribution is -0.118. The van der Waals surface area contributed by atoms with Gasteiger partial charge in [-0.15, -0.1) is 10.2 Å². The van der Waals surface area contributed by atoms with Crippen LogP contribution >= 0.6 is 23.4 Å². The highest BCUT2D eigenvalue weighted by Gasteiger charge is 2.17. The van der Waals surface area contributed by atoms with Crippen LogP contribution in [0.3, 0.4) is 0 Å². The minimum absolute atomic E-state index is 0.0765. The Balaban J connectivity index is 1.48. The molecule has 190 valence electrons.